The molecule has 6 nitrogen and oxygen atoms in total. The van der Waals surface area contributed by atoms with Gasteiger partial charge < -0.3 is 19.3 Å². The number of aliphatic hydroxyl groups is 1. The summed E-state index contributed by atoms with van der Waals surface area (Å²) in [6, 6.07) is 4.71. The lowest BCUT2D eigenvalue weighted by Gasteiger charge is -2.35. The van der Waals surface area contributed by atoms with E-state index in [1.807, 2.05) is 0 Å². The van der Waals surface area contributed by atoms with Crippen molar-refractivity contribution in [2.24, 2.45) is 0 Å². The number of ether oxygens (including phenoxy) is 3. The minimum atomic E-state index is -1.09. The van der Waals surface area contributed by atoms with Gasteiger partial charge in [-0.3, -0.25) is 4.79 Å². The summed E-state index contributed by atoms with van der Waals surface area (Å²) in [5.74, 6) is -1.77. The molecule has 4 atom stereocenters. The van der Waals surface area contributed by atoms with Crippen molar-refractivity contribution in [3.05, 3.63) is 33.8 Å². The number of fused-ring (bicyclic) bond motifs is 1. The van der Waals surface area contributed by atoms with Crippen molar-refractivity contribution in [3.63, 3.8) is 0 Å². The lowest BCUT2D eigenvalue weighted by molar-refractivity contribution is -0.277. The molecule has 2 aliphatic rings. The maximum atomic E-state index is 11.7. The van der Waals surface area contributed by atoms with Crippen LogP contribution in [0.4, 0.5) is 0 Å². The maximum absolute atomic E-state index is 11.7. The van der Waals surface area contributed by atoms with Crippen LogP contribution >= 0.6 is 23.2 Å². The van der Waals surface area contributed by atoms with Gasteiger partial charge in [-0.2, -0.15) is 0 Å². The molecule has 1 N–H and O–H groups in total. The Morgan fingerprint density at radius 1 is 1.14 bits per heavy atom. The van der Waals surface area contributed by atoms with Crippen molar-refractivity contribution < 1.29 is 28.9 Å². The van der Waals surface area contributed by atoms with Crippen molar-refractivity contribution in [2.45, 2.75) is 24.6 Å². The molecular formula is C13H10Cl2O6. The van der Waals surface area contributed by atoms with Crippen molar-refractivity contribution >= 4 is 35.0 Å². The molecule has 3 rings (SSSR count). The third-order valence-electron chi connectivity index (χ3n) is 3.33. The summed E-state index contributed by atoms with van der Waals surface area (Å²) >= 11 is 11.8. The average Bonchev–Trinajstić information content (AvgIpc) is 2.76. The zero-order valence-corrected chi connectivity index (χ0v) is 12.0. The van der Waals surface area contributed by atoms with E-state index in [0.29, 0.717) is 15.6 Å². The number of halogens is 2. The van der Waals surface area contributed by atoms with E-state index in [2.05, 4.69) is 0 Å². The minimum absolute atomic E-state index is 0.300. The van der Waals surface area contributed by atoms with Crippen LogP contribution in [0, 0.1) is 0 Å². The summed E-state index contributed by atoms with van der Waals surface area (Å²) in [5.41, 5.74) is 0.522. The number of aliphatic hydroxyl groups excluding tert-OH is 1. The molecule has 1 unspecified atom stereocenters. The lowest BCUT2D eigenvalue weighted by Crippen LogP contribution is -2.48. The Balaban J connectivity index is 1.89. The Morgan fingerprint density at radius 3 is 2.57 bits per heavy atom. The molecule has 0 aromatic heterocycles. The SMILES string of the molecule is O=C1O[C@@H]2[C@H](CO)OC(c3ccc(Cl)c(Cl)c3)O[C@@H]2C1=O. The fourth-order valence-electron chi connectivity index (χ4n) is 2.28. The van der Waals surface area contributed by atoms with Crippen LogP contribution in [0.5, 0.6) is 0 Å². The van der Waals surface area contributed by atoms with Crippen molar-refractivity contribution in [3.8, 4) is 0 Å². The number of benzene rings is 1. The Labute approximate surface area is 129 Å². The van der Waals surface area contributed by atoms with E-state index in [9.17, 15) is 14.7 Å². The van der Waals surface area contributed by atoms with Gasteiger partial charge in [0.2, 0.25) is 0 Å². The second-order valence-electron chi connectivity index (χ2n) is 4.65. The third-order valence-corrected chi connectivity index (χ3v) is 4.07. The zero-order valence-electron chi connectivity index (χ0n) is 10.5. The highest BCUT2D eigenvalue weighted by Crippen LogP contribution is 2.36. The molecule has 1 aromatic rings. The Bertz CT molecular complexity index is 604. The molecular weight excluding hydrogens is 323 g/mol. The second kappa shape index (κ2) is 5.55. The van der Waals surface area contributed by atoms with Crippen LogP contribution in [-0.4, -0.2) is 41.8 Å². The van der Waals surface area contributed by atoms with Gasteiger partial charge in [0, 0.05) is 5.56 Å². The standard InChI is InChI=1S/C13H10Cl2O6/c14-6-2-1-5(3-7(6)15)13-19-8(4-16)10-11(21-13)9(17)12(18)20-10/h1-3,8,10-11,13,16H,4H2/t8-,10+,11+,13?/m0/s1. The van der Waals surface area contributed by atoms with Gasteiger partial charge in [0.1, 0.15) is 6.10 Å². The van der Waals surface area contributed by atoms with E-state index < -0.39 is 43.0 Å². The van der Waals surface area contributed by atoms with Gasteiger partial charge >= 0.3 is 5.97 Å². The topological polar surface area (TPSA) is 82.1 Å². The number of hydrogen-bond acceptors (Lipinski definition) is 6. The number of ketones is 1. The highest BCUT2D eigenvalue weighted by molar-refractivity contribution is 6.42. The Hall–Kier alpha value is -1.18. The highest BCUT2D eigenvalue weighted by atomic mass is 35.5. The number of rotatable bonds is 2. The number of esters is 1. The Morgan fingerprint density at radius 2 is 1.90 bits per heavy atom. The van der Waals surface area contributed by atoms with E-state index in [-0.39, 0.29) is 0 Å². The van der Waals surface area contributed by atoms with Gasteiger partial charge in [0.05, 0.1) is 16.7 Å². The van der Waals surface area contributed by atoms with Crippen molar-refractivity contribution in [1.82, 2.24) is 0 Å². The molecule has 0 amide bonds. The first-order valence-electron chi connectivity index (χ1n) is 6.13. The first-order chi connectivity index (χ1) is 10.0. The van der Waals surface area contributed by atoms with E-state index in [0.717, 1.165) is 0 Å². The smallest absolute Gasteiger partial charge is 0.378 e. The first kappa shape index (κ1) is 14.7. The summed E-state index contributed by atoms with van der Waals surface area (Å²) in [7, 11) is 0. The molecule has 2 saturated heterocycles. The molecule has 21 heavy (non-hydrogen) atoms. The largest absolute Gasteiger partial charge is 0.450 e. The van der Waals surface area contributed by atoms with Crippen LogP contribution < -0.4 is 0 Å². The molecule has 0 radical (unpaired) electrons. The highest BCUT2D eigenvalue weighted by Gasteiger charge is 2.53. The van der Waals surface area contributed by atoms with Gasteiger partial charge in [0.25, 0.3) is 5.78 Å². The normalized spacial score (nSPS) is 32.0. The number of carbonyl (C=O) groups excluding carboxylic acids is 2. The van der Waals surface area contributed by atoms with Crippen LogP contribution in [0.25, 0.3) is 0 Å². The van der Waals surface area contributed by atoms with Gasteiger partial charge in [-0.1, -0.05) is 29.3 Å². The van der Waals surface area contributed by atoms with Crippen LogP contribution in [0.2, 0.25) is 10.0 Å². The molecule has 1 aromatic carbocycles. The predicted molar refractivity (Wildman–Crippen MR) is 70.9 cm³/mol. The monoisotopic (exact) mass is 332 g/mol. The zero-order chi connectivity index (χ0) is 15.1. The molecule has 2 fully saturated rings. The molecule has 8 heteroatoms. The van der Waals surface area contributed by atoms with Crippen molar-refractivity contribution in [2.75, 3.05) is 6.61 Å². The van der Waals surface area contributed by atoms with E-state index in [1.165, 1.54) is 6.07 Å². The van der Waals surface area contributed by atoms with Gasteiger partial charge in [0.15, 0.2) is 18.5 Å². The molecule has 112 valence electrons. The summed E-state index contributed by atoms with van der Waals surface area (Å²) in [4.78, 5) is 23.0. The van der Waals surface area contributed by atoms with Crippen LogP contribution in [-0.2, 0) is 23.8 Å². The van der Waals surface area contributed by atoms with Gasteiger partial charge in [-0.15, -0.1) is 0 Å². The van der Waals surface area contributed by atoms with E-state index in [1.54, 1.807) is 12.1 Å². The molecule has 0 spiro atoms. The van der Waals surface area contributed by atoms with E-state index in [4.69, 9.17) is 37.4 Å². The molecule has 0 saturated carbocycles. The molecule has 2 heterocycles. The minimum Gasteiger partial charge on any atom is -0.450 e. The predicted octanol–water partition coefficient (Wildman–Crippen LogP) is 1.26. The molecule has 0 bridgehead atoms. The van der Waals surface area contributed by atoms with Crippen LogP contribution in [0.1, 0.15) is 11.9 Å². The average molecular weight is 333 g/mol. The van der Waals surface area contributed by atoms with Gasteiger partial charge in [-0.05, 0) is 12.1 Å². The van der Waals surface area contributed by atoms with Crippen LogP contribution in [0.3, 0.4) is 0 Å². The fourth-order valence-corrected chi connectivity index (χ4v) is 2.59. The van der Waals surface area contributed by atoms with E-state index >= 15 is 0 Å². The summed E-state index contributed by atoms with van der Waals surface area (Å²) < 4.78 is 15.9. The van der Waals surface area contributed by atoms with Crippen LogP contribution in [0.15, 0.2) is 18.2 Å². The first-order valence-corrected chi connectivity index (χ1v) is 6.88. The fraction of sp³-hybridized carbons (Fsp3) is 0.385. The summed E-state index contributed by atoms with van der Waals surface area (Å²) in [6.07, 6.45) is -3.83. The second-order valence-corrected chi connectivity index (χ2v) is 5.47. The summed E-state index contributed by atoms with van der Waals surface area (Å²) in [6.45, 7) is -0.414. The van der Waals surface area contributed by atoms with Gasteiger partial charge in [-0.25, -0.2) is 4.79 Å². The van der Waals surface area contributed by atoms with Crippen molar-refractivity contribution in [1.29, 1.82) is 0 Å². The molecule has 0 aliphatic carbocycles. The third kappa shape index (κ3) is 2.54. The molecule has 2 aliphatic heterocycles. The summed E-state index contributed by atoms with van der Waals surface area (Å²) in [5, 5.41) is 10.0. The number of Topliss-reactive ketones (excluding diaryl/α,β-unsaturated/α-hetero) is 1. The lowest BCUT2D eigenvalue weighted by atomic mass is 10.0. The maximum Gasteiger partial charge on any atom is 0.378 e. The number of hydrogen-bond donors (Lipinski definition) is 1. The quantitative estimate of drug-likeness (QED) is 0.648. The number of carbonyl (C=O) groups is 2. The Kier molecular flexibility index (Phi) is 3.90.